The van der Waals surface area contributed by atoms with Gasteiger partial charge in [-0.25, -0.2) is 0 Å². The molecule has 0 atom stereocenters. The Hall–Kier alpha value is -1.78. The zero-order valence-electron chi connectivity index (χ0n) is 18.2. The summed E-state index contributed by atoms with van der Waals surface area (Å²) in [6.45, 7) is 4.44. The predicted octanol–water partition coefficient (Wildman–Crippen LogP) is 3.50. The Morgan fingerprint density at radius 2 is 1.87 bits per heavy atom. The molecule has 168 valence electrons. The van der Waals surface area contributed by atoms with Crippen molar-refractivity contribution in [2.75, 3.05) is 47.4 Å². The van der Waals surface area contributed by atoms with Crippen molar-refractivity contribution in [1.82, 2.24) is 15.5 Å². The number of nitrogens with zero attached hydrogens (tertiary/aromatic N) is 2. The van der Waals surface area contributed by atoms with Crippen molar-refractivity contribution in [3.05, 3.63) is 54.0 Å². The summed E-state index contributed by atoms with van der Waals surface area (Å²) in [7, 11) is 5.91. The van der Waals surface area contributed by atoms with E-state index in [0.717, 1.165) is 50.0 Å². The number of ether oxygens (including phenoxy) is 2. The molecule has 0 spiro atoms. The number of rotatable bonds is 13. The molecule has 0 aliphatic carbocycles. The Bertz CT molecular complexity index is 691. The van der Waals surface area contributed by atoms with Crippen LogP contribution in [0.4, 0.5) is 0 Å². The van der Waals surface area contributed by atoms with Crippen molar-refractivity contribution in [3.8, 4) is 5.75 Å². The van der Waals surface area contributed by atoms with Crippen LogP contribution < -0.4 is 15.4 Å². The van der Waals surface area contributed by atoms with Crippen molar-refractivity contribution in [2.45, 2.75) is 26.0 Å². The molecule has 2 rings (SSSR count). The normalized spacial score (nSPS) is 11.3. The molecular formula is C22H35IN4O3. The Balaban J connectivity index is 0.00000450. The van der Waals surface area contributed by atoms with E-state index in [9.17, 15) is 0 Å². The minimum atomic E-state index is 0. The predicted molar refractivity (Wildman–Crippen MR) is 132 cm³/mol. The number of nitrogens with one attached hydrogen (secondary N) is 2. The van der Waals surface area contributed by atoms with E-state index < -0.39 is 0 Å². The van der Waals surface area contributed by atoms with Crippen molar-refractivity contribution in [3.63, 3.8) is 0 Å². The molecule has 30 heavy (non-hydrogen) atoms. The third kappa shape index (κ3) is 11.4. The first-order valence-electron chi connectivity index (χ1n) is 10.1. The van der Waals surface area contributed by atoms with E-state index in [1.165, 1.54) is 5.56 Å². The zero-order chi connectivity index (χ0) is 20.7. The van der Waals surface area contributed by atoms with E-state index in [4.69, 9.17) is 13.9 Å². The van der Waals surface area contributed by atoms with Gasteiger partial charge in [0.05, 0.1) is 12.9 Å². The lowest BCUT2D eigenvalue weighted by atomic mass is 10.2. The fraction of sp³-hybridized carbons (Fsp3) is 0.500. The van der Waals surface area contributed by atoms with Crippen LogP contribution in [0.25, 0.3) is 0 Å². The molecule has 1 aromatic heterocycles. The molecule has 2 aromatic rings. The maximum Gasteiger partial charge on any atom is 0.191 e. The van der Waals surface area contributed by atoms with Gasteiger partial charge in [-0.2, -0.15) is 0 Å². The Morgan fingerprint density at radius 1 is 1.07 bits per heavy atom. The summed E-state index contributed by atoms with van der Waals surface area (Å²) < 4.78 is 16.6. The summed E-state index contributed by atoms with van der Waals surface area (Å²) in [5, 5.41) is 6.61. The molecule has 0 saturated carbocycles. The van der Waals surface area contributed by atoms with Gasteiger partial charge in [-0.3, -0.25) is 4.99 Å². The number of benzene rings is 1. The highest BCUT2D eigenvalue weighted by molar-refractivity contribution is 14.0. The Kier molecular flexibility index (Phi) is 14.0. The van der Waals surface area contributed by atoms with Gasteiger partial charge in [0.1, 0.15) is 18.1 Å². The third-order valence-corrected chi connectivity index (χ3v) is 4.21. The molecule has 1 aromatic carbocycles. The minimum absolute atomic E-state index is 0. The topological polar surface area (TPSA) is 71.3 Å². The van der Waals surface area contributed by atoms with Crippen LogP contribution in [0.2, 0.25) is 0 Å². The number of hydrogen-bond acceptors (Lipinski definition) is 5. The minimum Gasteiger partial charge on any atom is -0.494 e. The smallest absolute Gasteiger partial charge is 0.191 e. The molecule has 1 heterocycles. The van der Waals surface area contributed by atoms with E-state index in [1.807, 2.05) is 24.3 Å². The van der Waals surface area contributed by atoms with Crippen LogP contribution in [0.15, 0.2) is 52.1 Å². The maximum atomic E-state index is 5.77. The first kappa shape index (κ1) is 26.3. The van der Waals surface area contributed by atoms with Gasteiger partial charge in [0.15, 0.2) is 5.96 Å². The first-order valence-corrected chi connectivity index (χ1v) is 10.1. The summed E-state index contributed by atoms with van der Waals surface area (Å²) in [6, 6.07) is 11.9. The summed E-state index contributed by atoms with van der Waals surface area (Å²) in [5.74, 6) is 2.53. The molecule has 0 aliphatic heterocycles. The summed E-state index contributed by atoms with van der Waals surface area (Å²) in [6.07, 6.45) is 3.57. The van der Waals surface area contributed by atoms with Crippen molar-refractivity contribution >= 4 is 29.9 Å². The largest absolute Gasteiger partial charge is 0.494 e. The third-order valence-electron chi connectivity index (χ3n) is 4.21. The van der Waals surface area contributed by atoms with Crippen LogP contribution in [-0.2, 0) is 17.9 Å². The first-order chi connectivity index (χ1) is 14.2. The zero-order valence-corrected chi connectivity index (χ0v) is 20.6. The highest BCUT2D eigenvalue weighted by atomic mass is 127. The molecule has 2 N–H and O–H groups in total. The van der Waals surface area contributed by atoms with Crippen molar-refractivity contribution in [2.24, 2.45) is 4.99 Å². The number of furan rings is 1. The highest BCUT2D eigenvalue weighted by Crippen LogP contribution is 2.12. The molecular weight excluding hydrogens is 495 g/mol. The van der Waals surface area contributed by atoms with Gasteiger partial charge in [-0.05, 0) is 56.8 Å². The standard InChI is InChI=1S/C22H34N4O3.HI/c1-23-22(24-12-5-14-27-18-21-7-4-15-29-21)25-17-19-8-10-20(11-9-19)28-16-6-13-26(2)3;/h4,7-11,15H,5-6,12-14,16-18H2,1-3H3,(H2,23,24,25);1H. The lowest BCUT2D eigenvalue weighted by molar-refractivity contribution is 0.105. The molecule has 0 aliphatic rings. The van der Waals surface area contributed by atoms with Crippen LogP contribution in [0, 0.1) is 0 Å². The molecule has 8 heteroatoms. The number of aliphatic imine (C=N–C) groups is 1. The molecule has 0 amide bonds. The molecule has 0 fully saturated rings. The van der Waals surface area contributed by atoms with Gasteiger partial charge in [-0.1, -0.05) is 12.1 Å². The second-order valence-corrected chi connectivity index (χ2v) is 6.99. The highest BCUT2D eigenvalue weighted by Gasteiger charge is 2.01. The van der Waals surface area contributed by atoms with E-state index in [0.29, 0.717) is 19.8 Å². The lowest BCUT2D eigenvalue weighted by Crippen LogP contribution is -2.37. The fourth-order valence-corrected chi connectivity index (χ4v) is 2.63. The van der Waals surface area contributed by atoms with Crippen LogP contribution in [-0.4, -0.2) is 58.3 Å². The van der Waals surface area contributed by atoms with E-state index in [2.05, 4.69) is 46.8 Å². The second-order valence-electron chi connectivity index (χ2n) is 6.99. The SMILES string of the molecule is CN=C(NCCCOCc1ccco1)NCc1ccc(OCCCN(C)C)cc1.I. The average molecular weight is 530 g/mol. The summed E-state index contributed by atoms with van der Waals surface area (Å²) in [5.41, 5.74) is 1.18. The van der Waals surface area contributed by atoms with Crippen LogP contribution >= 0.6 is 24.0 Å². The Labute approximate surface area is 197 Å². The van der Waals surface area contributed by atoms with E-state index >= 15 is 0 Å². The van der Waals surface area contributed by atoms with Gasteiger partial charge in [-0.15, -0.1) is 24.0 Å². The molecule has 0 unspecified atom stereocenters. The van der Waals surface area contributed by atoms with Gasteiger partial charge in [0, 0.05) is 33.3 Å². The summed E-state index contributed by atoms with van der Waals surface area (Å²) >= 11 is 0. The lowest BCUT2D eigenvalue weighted by Gasteiger charge is -2.13. The number of guanidine groups is 1. The molecule has 0 bridgehead atoms. The summed E-state index contributed by atoms with van der Waals surface area (Å²) in [4.78, 5) is 6.41. The van der Waals surface area contributed by atoms with Gasteiger partial charge in [0.25, 0.3) is 0 Å². The molecule has 7 nitrogen and oxygen atoms in total. The monoisotopic (exact) mass is 530 g/mol. The van der Waals surface area contributed by atoms with E-state index in [1.54, 1.807) is 13.3 Å². The average Bonchev–Trinajstić information content (AvgIpc) is 3.24. The molecule has 0 saturated heterocycles. The number of halogens is 1. The van der Waals surface area contributed by atoms with Crippen LogP contribution in [0.5, 0.6) is 5.75 Å². The Morgan fingerprint density at radius 3 is 2.53 bits per heavy atom. The van der Waals surface area contributed by atoms with Gasteiger partial charge >= 0.3 is 0 Å². The van der Waals surface area contributed by atoms with E-state index in [-0.39, 0.29) is 24.0 Å². The van der Waals surface area contributed by atoms with Crippen molar-refractivity contribution < 1.29 is 13.9 Å². The van der Waals surface area contributed by atoms with Gasteiger partial charge < -0.3 is 29.4 Å². The second kappa shape index (κ2) is 16.0. The maximum absolute atomic E-state index is 5.77. The van der Waals surface area contributed by atoms with Crippen LogP contribution in [0.3, 0.4) is 0 Å². The van der Waals surface area contributed by atoms with Crippen LogP contribution in [0.1, 0.15) is 24.2 Å². The quantitative estimate of drug-likeness (QED) is 0.179. The number of hydrogen-bond donors (Lipinski definition) is 2. The molecule has 0 radical (unpaired) electrons. The van der Waals surface area contributed by atoms with Gasteiger partial charge in [0.2, 0.25) is 0 Å². The van der Waals surface area contributed by atoms with Crippen molar-refractivity contribution in [1.29, 1.82) is 0 Å². The fourth-order valence-electron chi connectivity index (χ4n) is 2.63.